The van der Waals surface area contributed by atoms with Gasteiger partial charge < -0.3 is 14.8 Å². The van der Waals surface area contributed by atoms with Gasteiger partial charge in [0.15, 0.2) is 0 Å². The van der Waals surface area contributed by atoms with E-state index in [-0.39, 0.29) is 30.3 Å². The van der Waals surface area contributed by atoms with Crippen LogP contribution in [-0.2, 0) is 16.1 Å². The third-order valence-electron chi connectivity index (χ3n) is 7.04. The number of urea groups is 1. The van der Waals surface area contributed by atoms with E-state index in [2.05, 4.69) is 14.9 Å². The van der Waals surface area contributed by atoms with Crippen LogP contribution in [-0.4, -0.2) is 62.4 Å². The molecule has 8 nitrogen and oxygen atoms in total. The second-order valence-corrected chi connectivity index (χ2v) is 8.99. The Balaban J connectivity index is 1.23. The minimum absolute atomic E-state index is 0.00114. The van der Waals surface area contributed by atoms with Gasteiger partial charge in [0.05, 0.1) is 6.42 Å². The first-order valence-corrected chi connectivity index (χ1v) is 11.4. The quantitative estimate of drug-likeness (QED) is 0.723. The number of nitrogens with zero attached hydrogens (tertiary/aromatic N) is 4. The van der Waals surface area contributed by atoms with E-state index in [0.717, 1.165) is 70.4 Å². The molecule has 0 aromatic carbocycles. The largest absolute Gasteiger partial charge is 0.343 e. The average Bonchev–Trinajstić information content (AvgIpc) is 3.29. The van der Waals surface area contributed by atoms with Gasteiger partial charge in [-0.15, -0.1) is 0 Å². The Morgan fingerprint density at radius 3 is 2.53 bits per heavy atom. The Kier molecular flexibility index (Phi) is 6.39. The molecule has 30 heavy (non-hydrogen) atoms. The lowest BCUT2D eigenvalue weighted by atomic mass is 9.93. The highest BCUT2D eigenvalue weighted by Gasteiger charge is 2.43. The van der Waals surface area contributed by atoms with Gasteiger partial charge in [0, 0.05) is 38.1 Å². The number of nitrogens with one attached hydrogen (secondary N) is 1. The molecule has 1 aliphatic carbocycles. The van der Waals surface area contributed by atoms with Crippen LogP contribution < -0.4 is 5.32 Å². The first-order chi connectivity index (χ1) is 14.5. The van der Waals surface area contributed by atoms with Gasteiger partial charge in [0.1, 0.15) is 11.9 Å². The Morgan fingerprint density at radius 2 is 1.87 bits per heavy atom. The second kappa shape index (κ2) is 9.18. The lowest BCUT2D eigenvalue weighted by Gasteiger charge is -2.32. The number of aromatic nitrogens is 2. The lowest BCUT2D eigenvalue weighted by Crippen LogP contribution is -2.44. The van der Waals surface area contributed by atoms with E-state index in [4.69, 9.17) is 0 Å². The number of hydrogen-bond acceptors (Lipinski definition) is 4. The van der Waals surface area contributed by atoms with Crippen LogP contribution in [0.5, 0.6) is 0 Å². The summed E-state index contributed by atoms with van der Waals surface area (Å²) in [5.74, 6) is 1.40. The second-order valence-electron chi connectivity index (χ2n) is 8.99. The maximum Gasteiger partial charge on any atom is 0.325 e. The number of imidazole rings is 1. The predicted octanol–water partition coefficient (Wildman–Crippen LogP) is 2.46. The monoisotopic (exact) mass is 415 g/mol. The van der Waals surface area contributed by atoms with Gasteiger partial charge in [-0.25, -0.2) is 9.78 Å². The van der Waals surface area contributed by atoms with E-state index in [9.17, 15) is 14.4 Å². The summed E-state index contributed by atoms with van der Waals surface area (Å²) in [6.45, 7) is 4.44. The molecule has 1 atom stereocenters. The highest BCUT2D eigenvalue weighted by molar-refractivity contribution is 6.06. The number of carbonyl (C=O) groups is 3. The van der Waals surface area contributed by atoms with Crippen LogP contribution in [0.25, 0.3) is 0 Å². The Morgan fingerprint density at radius 1 is 1.13 bits per heavy atom. The predicted molar refractivity (Wildman–Crippen MR) is 112 cm³/mol. The third kappa shape index (κ3) is 4.52. The SMILES string of the molecule is Cc1nccn1CCC1CCN(C(=O)C[C@H]2NC(=O)N(C3CCCCC3)C2=O)CC1. The summed E-state index contributed by atoms with van der Waals surface area (Å²) in [7, 11) is 0. The van der Waals surface area contributed by atoms with Crippen molar-refractivity contribution in [2.75, 3.05) is 13.1 Å². The van der Waals surface area contributed by atoms with E-state index in [0.29, 0.717) is 5.92 Å². The molecule has 4 rings (SSSR count). The van der Waals surface area contributed by atoms with E-state index < -0.39 is 6.04 Å². The van der Waals surface area contributed by atoms with E-state index >= 15 is 0 Å². The molecule has 0 radical (unpaired) electrons. The maximum absolute atomic E-state index is 12.8. The fourth-order valence-electron chi connectivity index (χ4n) is 5.11. The molecule has 164 valence electrons. The van der Waals surface area contributed by atoms with E-state index in [1.54, 1.807) is 0 Å². The fraction of sp³-hybridized carbons (Fsp3) is 0.727. The van der Waals surface area contributed by atoms with Crippen molar-refractivity contribution in [2.45, 2.75) is 83.3 Å². The minimum Gasteiger partial charge on any atom is -0.343 e. The van der Waals surface area contributed by atoms with Gasteiger partial charge in [-0.2, -0.15) is 0 Å². The van der Waals surface area contributed by atoms with Crippen LogP contribution in [0.3, 0.4) is 0 Å². The lowest BCUT2D eigenvalue weighted by molar-refractivity contribution is -0.137. The average molecular weight is 416 g/mol. The van der Waals surface area contributed by atoms with Crippen LogP contribution in [0, 0.1) is 12.8 Å². The molecule has 1 N–H and O–H groups in total. The smallest absolute Gasteiger partial charge is 0.325 e. The molecule has 1 aromatic rings. The van der Waals surface area contributed by atoms with Crippen molar-refractivity contribution < 1.29 is 14.4 Å². The zero-order valence-corrected chi connectivity index (χ0v) is 17.9. The van der Waals surface area contributed by atoms with Gasteiger partial charge >= 0.3 is 6.03 Å². The van der Waals surface area contributed by atoms with Crippen LogP contribution in [0.15, 0.2) is 12.4 Å². The summed E-state index contributed by atoms with van der Waals surface area (Å²) in [4.78, 5) is 45.4. The van der Waals surface area contributed by atoms with Crippen LogP contribution in [0.2, 0.25) is 0 Å². The molecule has 8 heteroatoms. The topological polar surface area (TPSA) is 87.5 Å². The number of imide groups is 1. The number of aryl methyl sites for hydroxylation is 2. The fourth-order valence-corrected chi connectivity index (χ4v) is 5.11. The maximum atomic E-state index is 12.8. The van der Waals surface area contributed by atoms with Gasteiger partial charge in [0.25, 0.3) is 5.91 Å². The van der Waals surface area contributed by atoms with Crippen LogP contribution >= 0.6 is 0 Å². The number of likely N-dealkylation sites (tertiary alicyclic amines) is 1. The summed E-state index contributed by atoms with van der Waals surface area (Å²) < 4.78 is 2.17. The Hall–Kier alpha value is -2.38. The van der Waals surface area contributed by atoms with Crippen LogP contribution in [0.1, 0.15) is 63.6 Å². The molecule has 0 spiro atoms. The van der Waals surface area contributed by atoms with Crippen molar-refractivity contribution in [3.05, 3.63) is 18.2 Å². The molecule has 0 unspecified atom stereocenters. The van der Waals surface area contributed by atoms with Crippen molar-refractivity contribution >= 4 is 17.8 Å². The van der Waals surface area contributed by atoms with Crippen molar-refractivity contribution in [3.8, 4) is 0 Å². The first kappa shape index (κ1) is 20.9. The van der Waals surface area contributed by atoms with E-state index in [1.165, 1.54) is 11.3 Å². The molecule has 1 aromatic heterocycles. The zero-order chi connectivity index (χ0) is 21.1. The molecular weight excluding hydrogens is 382 g/mol. The van der Waals surface area contributed by atoms with Gasteiger partial charge in [-0.3, -0.25) is 14.5 Å². The number of amides is 4. The number of hydrogen-bond donors (Lipinski definition) is 1. The van der Waals surface area contributed by atoms with E-state index in [1.807, 2.05) is 24.2 Å². The number of carbonyl (C=O) groups excluding carboxylic acids is 3. The molecular formula is C22H33N5O3. The van der Waals surface area contributed by atoms with Gasteiger partial charge in [0.2, 0.25) is 5.91 Å². The summed E-state index contributed by atoms with van der Waals surface area (Å²) in [5.41, 5.74) is 0. The molecule has 3 fully saturated rings. The molecule has 4 amide bonds. The molecule has 3 heterocycles. The summed E-state index contributed by atoms with van der Waals surface area (Å²) in [5, 5.41) is 2.75. The van der Waals surface area contributed by atoms with Crippen molar-refractivity contribution in [1.82, 2.24) is 24.7 Å². The number of rotatable bonds is 6. The summed E-state index contributed by atoms with van der Waals surface area (Å²) >= 11 is 0. The van der Waals surface area contributed by atoms with Gasteiger partial charge in [-0.05, 0) is 44.9 Å². The highest BCUT2D eigenvalue weighted by atomic mass is 16.2. The normalized spacial score (nSPS) is 23.8. The standard InChI is InChI=1S/C22H33N5O3/c1-16-23-10-14-25(16)11-7-17-8-12-26(13-9-17)20(28)15-19-21(29)27(22(30)24-19)18-5-3-2-4-6-18/h10,14,17-19H,2-9,11-13,15H2,1H3,(H,24,30)/t19-/m1/s1. The van der Waals surface area contributed by atoms with Gasteiger partial charge in [-0.1, -0.05) is 19.3 Å². The molecule has 2 saturated heterocycles. The summed E-state index contributed by atoms with van der Waals surface area (Å²) in [6.07, 6.45) is 12.0. The zero-order valence-electron chi connectivity index (χ0n) is 17.9. The van der Waals surface area contributed by atoms with Crippen LogP contribution in [0.4, 0.5) is 4.79 Å². The first-order valence-electron chi connectivity index (χ1n) is 11.4. The minimum atomic E-state index is -0.700. The molecule has 1 saturated carbocycles. The number of piperidine rings is 1. The third-order valence-corrected chi connectivity index (χ3v) is 7.04. The van der Waals surface area contributed by atoms with Crippen molar-refractivity contribution in [3.63, 3.8) is 0 Å². The van der Waals surface area contributed by atoms with Crippen molar-refractivity contribution in [1.29, 1.82) is 0 Å². The van der Waals surface area contributed by atoms with Crippen molar-refractivity contribution in [2.24, 2.45) is 5.92 Å². The molecule has 2 aliphatic heterocycles. The Labute approximate surface area is 178 Å². The molecule has 3 aliphatic rings. The molecule has 0 bridgehead atoms. The Bertz CT molecular complexity index is 777. The summed E-state index contributed by atoms with van der Waals surface area (Å²) in [6, 6.07) is -1.02. The highest BCUT2D eigenvalue weighted by Crippen LogP contribution is 2.27.